The van der Waals surface area contributed by atoms with Crippen LogP contribution < -0.4 is 10.5 Å². The highest BCUT2D eigenvalue weighted by Crippen LogP contribution is 2.28. The second kappa shape index (κ2) is 6.24. The van der Waals surface area contributed by atoms with Gasteiger partial charge in [0.2, 0.25) is 0 Å². The molecule has 0 fully saturated rings. The number of nitrogens with one attached hydrogen (secondary N) is 1. The predicted octanol–water partition coefficient (Wildman–Crippen LogP) is 4.10. The maximum atomic E-state index is 13.4. The lowest BCUT2D eigenvalue weighted by molar-refractivity contribution is 0.305. The van der Waals surface area contributed by atoms with E-state index in [1.54, 1.807) is 24.3 Å². The predicted molar refractivity (Wildman–Crippen MR) is 80.9 cm³/mol. The van der Waals surface area contributed by atoms with E-state index < -0.39 is 5.82 Å². The van der Waals surface area contributed by atoms with Gasteiger partial charge in [-0.1, -0.05) is 27.5 Å². The molecule has 0 saturated heterocycles. The second-order valence-electron chi connectivity index (χ2n) is 4.13. The van der Waals surface area contributed by atoms with Crippen LogP contribution in [0.3, 0.4) is 0 Å². The molecule has 3 N–H and O–H groups in total. The Kier molecular flexibility index (Phi) is 4.62. The average Bonchev–Trinajstić information content (AvgIpc) is 2.39. The smallest absolute Gasteiger partial charge is 0.139 e. The molecule has 2 aromatic carbocycles. The van der Waals surface area contributed by atoms with Crippen LogP contribution in [0.1, 0.15) is 11.1 Å². The maximum Gasteiger partial charge on any atom is 0.139 e. The van der Waals surface area contributed by atoms with E-state index in [1.807, 2.05) is 0 Å². The second-order valence-corrected chi connectivity index (χ2v) is 5.45. The molecule has 0 amide bonds. The van der Waals surface area contributed by atoms with Crippen molar-refractivity contribution in [1.29, 1.82) is 5.41 Å². The van der Waals surface area contributed by atoms with E-state index in [4.69, 9.17) is 27.5 Å². The highest BCUT2D eigenvalue weighted by molar-refractivity contribution is 9.10. The van der Waals surface area contributed by atoms with Gasteiger partial charge in [-0.2, -0.15) is 0 Å². The minimum Gasteiger partial charge on any atom is -0.487 e. The van der Waals surface area contributed by atoms with Crippen LogP contribution in [0.5, 0.6) is 5.75 Å². The molecule has 0 spiro atoms. The lowest BCUT2D eigenvalue weighted by atomic mass is 10.1. The molecule has 20 heavy (non-hydrogen) atoms. The van der Waals surface area contributed by atoms with Crippen LogP contribution in [0.25, 0.3) is 0 Å². The molecule has 0 saturated carbocycles. The Balaban J connectivity index is 2.18. The Morgan fingerprint density at radius 2 is 2.05 bits per heavy atom. The normalized spacial score (nSPS) is 10.3. The Hall–Kier alpha value is -1.59. The number of benzene rings is 2. The standard InChI is InChI=1S/C14H11BrClFN2O/c15-10-1-2-12(16)13(6-10)20-7-8-3-9(14(18)19)5-11(17)4-8/h1-6H,7H2,(H3,18,19). The minimum absolute atomic E-state index is 0.133. The zero-order valence-electron chi connectivity index (χ0n) is 10.3. The summed E-state index contributed by atoms with van der Waals surface area (Å²) >= 11 is 9.32. The van der Waals surface area contributed by atoms with Crippen LogP contribution in [-0.2, 0) is 6.61 Å². The Morgan fingerprint density at radius 1 is 1.30 bits per heavy atom. The first-order valence-electron chi connectivity index (χ1n) is 5.67. The number of halogens is 3. The molecule has 104 valence electrons. The van der Waals surface area contributed by atoms with Crippen LogP contribution in [-0.4, -0.2) is 5.84 Å². The molecular formula is C14H11BrClFN2O. The minimum atomic E-state index is -0.461. The zero-order valence-corrected chi connectivity index (χ0v) is 12.6. The average molecular weight is 358 g/mol. The summed E-state index contributed by atoms with van der Waals surface area (Å²) < 4.78 is 19.8. The van der Waals surface area contributed by atoms with Gasteiger partial charge in [0.05, 0.1) is 5.02 Å². The Morgan fingerprint density at radius 3 is 2.75 bits per heavy atom. The van der Waals surface area contributed by atoms with Crippen molar-refractivity contribution in [1.82, 2.24) is 0 Å². The summed E-state index contributed by atoms with van der Waals surface area (Å²) in [4.78, 5) is 0. The van der Waals surface area contributed by atoms with Gasteiger partial charge < -0.3 is 10.5 Å². The van der Waals surface area contributed by atoms with Crippen molar-refractivity contribution in [3.05, 3.63) is 62.8 Å². The van der Waals surface area contributed by atoms with Gasteiger partial charge in [-0.3, -0.25) is 5.41 Å². The Bertz CT molecular complexity index is 664. The first-order valence-corrected chi connectivity index (χ1v) is 6.84. The van der Waals surface area contributed by atoms with E-state index in [0.29, 0.717) is 21.9 Å². The lowest BCUT2D eigenvalue weighted by Gasteiger charge is -2.10. The van der Waals surface area contributed by atoms with Gasteiger partial charge in [0.25, 0.3) is 0 Å². The summed E-state index contributed by atoms with van der Waals surface area (Å²) in [5, 5.41) is 7.80. The fourth-order valence-corrected chi connectivity index (χ4v) is 2.15. The lowest BCUT2D eigenvalue weighted by Crippen LogP contribution is -2.12. The fourth-order valence-electron chi connectivity index (χ4n) is 1.64. The first kappa shape index (κ1) is 14.8. The molecule has 3 nitrogen and oxygen atoms in total. The van der Waals surface area contributed by atoms with E-state index >= 15 is 0 Å². The number of hydrogen-bond donors (Lipinski definition) is 2. The van der Waals surface area contributed by atoms with Crippen molar-refractivity contribution in [3.63, 3.8) is 0 Å². The summed E-state index contributed by atoms with van der Waals surface area (Å²) in [7, 11) is 0. The van der Waals surface area contributed by atoms with Gasteiger partial charge in [-0.05, 0) is 42.0 Å². The van der Waals surface area contributed by atoms with Gasteiger partial charge >= 0.3 is 0 Å². The van der Waals surface area contributed by atoms with Crippen LogP contribution in [0, 0.1) is 11.2 Å². The molecule has 0 atom stereocenters. The van der Waals surface area contributed by atoms with Crippen molar-refractivity contribution in [2.24, 2.45) is 5.73 Å². The third kappa shape index (κ3) is 3.71. The highest BCUT2D eigenvalue weighted by Gasteiger charge is 2.06. The van der Waals surface area contributed by atoms with Gasteiger partial charge in [-0.25, -0.2) is 4.39 Å². The quantitative estimate of drug-likeness (QED) is 0.639. The van der Waals surface area contributed by atoms with Gasteiger partial charge in [0.15, 0.2) is 0 Å². The molecule has 0 aliphatic rings. The number of amidine groups is 1. The van der Waals surface area contributed by atoms with Gasteiger partial charge in [-0.15, -0.1) is 0 Å². The van der Waals surface area contributed by atoms with E-state index in [9.17, 15) is 4.39 Å². The van der Waals surface area contributed by atoms with E-state index in [0.717, 1.165) is 4.47 Å². The molecule has 0 bridgehead atoms. The molecule has 6 heteroatoms. The van der Waals surface area contributed by atoms with Crippen LogP contribution in [0.15, 0.2) is 40.9 Å². The third-order valence-electron chi connectivity index (χ3n) is 2.56. The summed E-state index contributed by atoms with van der Waals surface area (Å²) in [6, 6.07) is 9.37. The topological polar surface area (TPSA) is 59.1 Å². The Labute approximate surface area is 129 Å². The van der Waals surface area contributed by atoms with Crippen molar-refractivity contribution in [2.75, 3.05) is 0 Å². The molecule has 0 aromatic heterocycles. The molecule has 2 aromatic rings. The van der Waals surface area contributed by atoms with Crippen LogP contribution in [0.2, 0.25) is 5.02 Å². The van der Waals surface area contributed by atoms with Crippen LogP contribution in [0.4, 0.5) is 4.39 Å². The molecule has 0 aliphatic heterocycles. The first-order chi connectivity index (χ1) is 9.45. The number of hydrogen-bond acceptors (Lipinski definition) is 2. The molecule has 0 radical (unpaired) electrons. The van der Waals surface area contributed by atoms with Crippen molar-refractivity contribution < 1.29 is 9.13 Å². The van der Waals surface area contributed by atoms with Crippen molar-refractivity contribution in [2.45, 2.75) is 6.61 Å². The molecule has 0 unspecified atom stereocenters. The summed E-state index contributed by atoms with van der Waals surface area (Å²) in [6.45, 7) is 0.133. The summed E-state index contributed by atoms with van der Waals surface area (Å²) in [5.74, 6) is -0.155. The SMILES string of the molecule is N=C(N)c1cc(F)cc(COc2cc(Br)ccc2Cl)c1. The van der Waals surface area contributed by atoms with Gasteiger partial charge in [0, 0.05) is 10.0 Å². The van der Waals surface area contributed by atoms with Crippen LogP contribution >= 0.6 is 27.5 Å². The number of nitrogens with two attached hydrogens (primary N) is 1. The molecular weight excluding hydrogens is 347 g/mol. The molecule has 0 aliphatic carbocycles. The molecule has 0 heterocycles. The number of rotatable bonds is 4. The third-order valence-corrected chi connectivity index (χ3v) is 3.36. The van der Waals surface area contributed by atoms with Gasteiger partial charge in [0.1, 0.15) is 24.0 Å². The fraction of sp³-hybridized carbons (Fsp3) is 0.0714. The maximum absolute atomic E-state index is 13.4. The summed E-state index contributed by atoms with van der Waals surface area (Å²) in [6.07, 6.45) is 0. The monoisotopic (exact) mass is 356 g/mol. The van der Waals surface area contributed by atoms with Crippen molar-refractivity contribution in [3.8, 4) is 5.75 Å². The van der Waals surface area contributed by atoms with E-state index in [1.165, 1.54) is 12.1 Å². The number of nitrogen functional groups attached to an aromatic ring is 1. The van der Waals surface area contributed by atoms with E-state index in [-0.39, 0.29) is 12.4 Å². The van der Waals surface area contributed by atoms with Crippen molar-refractivity contribution >= 4 is 33.4 Å². The molecule has 2 rings (SSSR count). The highest BCUT2D eigenvalue weighted by atomic mass is 79.9. The van der Waals surface area contributed by atoms with E-state index in [2.05, 4.69) is 15.9 Å². The largest absolute Gasteiger partial charge is 0.487 e. The summed E-state index contributed by atoms with van der Waals surface area (Å²) in [5.41, 5.74) is 6.25. The zero-order chi connectivity index (χ0) is 14.7. The number of ether oxygens (including phenoxy) is 1.